The van der Waals surface area contributed by atoms with Gasteiger partial charge >= 0.3 is 0 Å². The zero-order valence-electron chi connectivity index (χ0n) is 16.7. The van der Waals surface area contributed by atoms with Crippen molar-refractivity contribution in [3.05, 3.63) is 42.1 Å². The van der Waals surface area contributed by atoms with Gasteiger partial charge in [0, 0.05) is 44.4 Å². The van der Waals surface area contributed by atoms with E-state index in [-0.39, 0.29) is 5.92 Å². The van der Waals surface area contributed by atoms with E-state index in [9.17, 15) is 4.79 Å². The molecule has 144 valence electrons. The Balaban J connectivity index is 1.63. The van der Waals surface area contributed by atoms with Crippen LogP contribution in [0.15, 0.2) is 36.5 Å². The zero-order chi connectivity index (χ0) is 19.2. The first-order valence-electron chi connectivity index (χ1n) is 9.98. The molecule has 1 saturated heterocycles. The summed E-state index contributed by atoms with van der Waals surface area (Å²) in [4.78, 5) is 26.0. The molecule has 1 aromatic heterocycles. The summed E-state index contributed by atoms with van der Waals surface area (Å²) in [5.74, 6) is 2.15. The van der Waals surface area contributed by atoms with E-state index in [1.807, 2.05) is 36.3 Å². The first kappa shape index (κ1) is 19.3. The molecule has 1 fully saturated rings. The maximum Gasteiger partial charge on any atom is 0.225 e. The van der Waals surface area contributed by atoms with Crippen LogP contribution in [0.4, 0.5) is 5.82 Å². The Hall–Kier alpha value is -2.43. The highest BCUT2D eigenvalue weighted by Crippen LogP contribution is 2.25. The molecule has 1 aliphatic heterocycles. The Kier molecular flexibility index (Phi) is 6.43. The van der Waals surface area contributed by atoms with Gasteiger partial charge in [0.2, 0.25) is 5.91 Å². The molecule has 5 nitrogen and oxygen atoms in total. The van der Waals surface area contributed by atoms with Gasteiger partial charge in [-0.2, -0.15) is 0 Å². The van der Waals surface area contributed by atoms with Gasteiger partial charge in [-0.05, 0) is 38.3 Å². The van der Waals surface area contributed by atoms with Crippen molar-refractivity contribution in [2.24, 2.45) is 5.92 Å². The predicted octanol–water partition coefficient (Wildman–Crippen LogP) is 3.93. The number of carbonyl (C=O) groups is 1. The second kappa shape index (κ2) is 8.98. The van der Waals surface area contributed by atoms with Crippen molar-refractivity contribution in [3.8, 4) is 11.4 Å². The molecule has 2 heterocycles. The average Bonchev–Trinajstić information content (AvgIpc) is 2.71. The zero-order valence-corrected chi connectivity index (χ0v) is 16.7. The first-order valence-corrected chi connectivity index (χ1v) is 9.98. The van der Waals surface area contributed by atoms with Crippen LogP contribution in [0.5, 0.6) is 0 Å². The molecule has 0 bridgehead atoms. The Bertz CT molecular complexity index is 768. The Labute approximate surface area is 162 Å². The number of aromatic nitrogens is 2. The minimum Gasteiger partial charge on any atom is -0.356 e. The third-order valence-electron chi connectivity index (χ3n) is 5.31. The summed E-state index contributed by atoms with van der Waals surface area (Å²) in [7, 11) is 1.93. The van der Waals surface area contributed by atoms with Crippen molar-refractivity contribution in [2.45, 2.75) is 39.5 Å². The molecular weight excluding hydrogens is 336 g/mol. The number of anilines is 1. The van der Waals surface area contributed by atoms with Gasteiger partial charge in [0.15, 0.2) is 5.82 Å². The summed E-state index contributed by atoms with van der Waals surface area (Å²) < 4.78 is 0. The van der Waals surface area contributed by atoms with Crippen molar-refractivity contribution in [3.63, 3.8) is 0 Å². The highest BCUT2D eigenvalue weighted by Gasteiger charge is 2.27. The lowest BCUT2D eigenvalue weighted by Gasteiger charge is -2.34. The van der Waals surface area contributed by atoms with E-state index in [0.29, 0.717) is 5.91 Å². The molecule has 5 heteroatoms. The van der Waals surface area contributed by atoms with E-state index < -0.39 is 0 Å². The van der Waals surface area contributed by atoms with Crippen molar-refractivity contribution < 1.29 is 4.79 Å². The van der Waals surface area contributed by atoms with Crippen molar-refractivity contribution in [2.75, 3.05) is 31.6 Å². The van der Waals surface area contributed by atoms with Crippen LogP contribution in [0.1, 0.15) is 38.2 Å². The fraction of sp³-hybridized carbons (Fsp3) is 0.500. The number of hydrogen-bond acceptors (Lipinski definition) is 4. The number of benzene rings is 1. The fourth-order valence-electron chi connectivity index (χ4n) is 3.62. The number of rotatable bonds is 6. The lowest BCUT2D eigenvalue weighted by Crippen LogP contribution is -2.41. The molecule has 0 unspecified atom stereocenters. The number of carbonyl (C=O) groups excluding carboxylic acids is 1. The largest absolute Gasteiger partial charge is 0.356 e. The van der Waals surface area contributed by atoms with Gasteiger partial charge in [0.1, 0.15) is 5.82 Å². The van der Waals surface area contributed by atoms with Gasteiger partial charge in [-0.25, -0.2) is 9.97 Å². The summed E-state index contributed by atoms with van der Waals surface area (Å²) in [6.07, 6.45) is 5.80. The van der Waals surface area contributed by atoms with Crippen LogP contribution < -0.4 is 4.90 Å². The van der Waals surface area contributed by atoms with Crippen LogP contribution in [-0.2, 0) is 4.79 Å². The number of amides is 1. The number of aryl methyl sites for hydroxylation is 1. The molecule has 0 spiro atoms. The van der Waals surface area contributed by atoms with Crippen molar-refractivity contribution in [1.29, 1.82) is 0 Å². The fourth-order valence-corrected chi connectivity index (χ4v) is 3.62. The second-order valence-corrected chi connectivity index (χ2v) is 7.48. The molecule has 1 aliphatic rings. The first-order chi connectivity index (χ1) is 13.1. The van der Waals surface area contributed by atoms with E-state index in [1.165, 1.54) is 5.56 Å². The molecule has 0 N–H and O–H groups in total. The summed E-state index contributed by atoms with van der Waals surface area (Å²) >= 11 is 0. The van der Waals surface area contributed by atoms with Gasteiger partial charge in [0.05, 0.1) is 0 Å². The topological polar surface area (TPSA) is 49.3 Å². The van der Waals surface area contributed by atoms with Crippen LogP contribution in [-0.4, -0.2) is 47.5 Å². The smallest absolute Gasteiger partial charge is 0.225 e. The number of nitrogens with zero attached hydrogens (tertiary/aromatic N) is 4. The maximum absolute atomic E-state index is 12.6. The van der Waals surface area contributed by atoms with Crippen LogP contribution in [0.25, 0.3) is 11.4 Å². The molecule has 3 rings (SSSR count). The Morgan fingerprint density at radius 3 is 2.74 bits per heavy atom. The van der Waals surface area contributed by atoms with Crippen LogP contribution in [0.3, 0.4) is 0 Å². The molecule has 27 heavy (non-hydrogen) atoms. The highest BCUT2D eigenvalue weighted by molar-refractivity contribution is 5.79. The number of hydrogen-bond donors (Lipinski definition) is 0. The minimum absolute atomic E-state index is 0.140. The predicted molar refractivity (Wildman–Crippen MR) is 110 cm³/mol. The van der Waals surface area contributed by atoms with E-state index in [2.05, 4.69) is 35.9 Å². The molecule has 0 atom stereocenters. The van der Waals surface area contributed by atoms with E-state index >= 15 is 0 Å². The molecule has 0 aliphatic carbocycles. The van der Waals surface area contributed by atoms with E-state index in [4.69, 9.17) is 4.98 Å². The van der Waals surface area contributed by atoms with E-state index in [0.717, 1.165) is 62.5 Å². The summed E-state index contributed by atoms with van der Waals surface area (Å²) in [6, 6.07) is 10.2. The van der Waals surface area contributed by atoms with Crippen molar-refractivity contribution >= 4 is 11.7 Å². The van der Waals surface area contributed by atoms with Gasteiger partial charge in [0.25, 0.3) is 0 Å². The summed E-state index contributed by atoms with van der Waals surface area (Å²) in [6.45, 7) is 6.82. The van der Waals surface area contributed by atoms with Gasteiger partial charge in [-0.15, -0.1) is 0 Å². The maximum atomic E-state index is 12.6. The standard InChI is InChI=1S/C22H30N4O/c1-4-5-13-25(3)22(27)18-10-14-26(15-11-18)20-9-12-23-21(24-20)19-8-6-7-17(2)16-19/h6-9,12,16,18H,4-5,10-11,13-15H2,1-3H3. The number of piperidine rings is 1. The van der Waals surface area contributed by atoms with Gasteiger partial charge in [-0.1, -0.05) is 37.1 Å². The lowest BCUT2D eigenvalue weighted by atomic mass is 9.95. The highest BCUT2D eigenvalue weighted by atomic mass is 16.2. The molecule has 0 saturated carbocycles. The van der Waals surface area contributed by atoms with Gasteiger partial charge in [-0.3, -0.25) is 4.79 Å². The third kappa shape index (κ3) is 4.85. The second-order valence-electron chi connectivity index (χ2n) is 7.48. The Morgan fingerprint density at radius 1 is 1.26 bits per heavy atom. The van der Waals surface area contributed by atoms with Gasteiger partial charge < -0.3 is 9.80 Å². The monoisotopic (exact) mass is 366 g/mol. The minimum atomic E-state index is 0.140. The van der Waals surface area contributed by atoms with Crippen molar-refractivity contribution in [1.82, 2.24) is 14.9 Å². The average molecular weight is 367 g/mol. The third-order valence-corrected chi connectivity index (χ3v) is 5.31. The summed E-state index contributed by atoms with van der Waals surface area (Å²) in [5.41, 5.74) is 2.24. The van der Waals surface area contributed by atoms with E-state index in [1.54, 1.807) is 0 Å². The van der Waals surface area contributed by atoms with Crippen LogP contribution >= 0.6 is 0 Å². The lowest BCUT2D eigenvalue weighted by molar-refractivity contribution is -0.134. The molecule has 1 aromatic carbocycles. The molecule has 2 aromatic rings. The molecule has 1 amide bonds. The SMILES string of the molecule is CCCCN(C)C(=O)C1CCN(c2ccnc(-c3cccc(C)c3)n2)CC1. The quantitative estimate of drug-likeness (QED) is 0.777. The summed E-state index contributed by atoms with van der Waals surface area (Å²) in [5, 5.41) is 0. The Morgan fingerprint density at radius 2 is 2.04 bits per heavy atom. The number of unbranched alkanes of at least 4 members (excludes halogenated alkanes) is 1. The van der Waals surface area contributed by atoms with Crippen LogP contribution in [0, 0.1) is 12.8 Å². The normalized spacial score (nSPS) is 15.0. The molecule has 0 radical (unpaired) electrons. The molecular formula is C22H30N4O. The van der Waals surface area contributed by atoms with Crippen LogP contribution in [0.2, 0.25) is 0 Å².